The first-order chi connectivity index (χ1) is 9.10. The van der Waals surface area contributed by atoms with Crippen molar-refractivity contribution in [2.24, 2.45) is 0 Å². The molecule has 1 aromatic carbocycles. The molecule has 0 aliphatic heterocycles. The van der Waals surface area contributed by atoms with Gasteiger partial charge in [0.25, 0.3) is 0 Å². The second-order valence-corrected chi connectivity index (χ2v) is 5.15. The van der Waals surface area contributed by atoms with Gasteiger partial charge in [0, 0.05) is 6.07 Å². The molecule has 0 amide bonds. The smallest absolute Gasteiger partial charge is 0.146 e. The zero-order chi connectivity index (χ0) is 13.8. The van der Waals surface area contributed by atoms with Gasteiger partial charge < -0.3 is 14.5 Å². The molecule has 1 N–H and O–H groups in total. The zero-order valence-electron chi connectivity index (χ0n) is 10.2. The highest BCUT2D eigenvalue weighted by Gasteiger charge is 2.09. The zero-order valence-corrected chi connectivity index (χ0v) is 12.5. The minimum Gasteiger partial charge on any atom is -0.484 e. The molecule has 0 saturated carbocycles. The lowest BCUT2D eigenvalue weighted by Crippen LogP contribution is -2.03. The second kappa shape index (κ2) is 6.41. The summed E-state index contributed by atoms with van der Waals surface area (Å²) in [6.07, 6.45) is 0. The van der Waals surface area contributed by atoms with Crippen molar-refractivity contribution >= 4 is 27.5 Å². The van der Waals surface area contributed by atoms with E-state index in [1.54, 1.807) is 0 Å². The quantitative estimate of drug-likeness (QED) is 0.825. The monoisotopic (exact) mass is 347 g/mol. The number of ether oxygens (including phenoxy) is 1. The van der Waals surface area contributed by atoms with Crippen molar-refractivity contribution in [1.29, 1.82) is 0 Å². The minimum absolute atomic E-state index is 0.0496. The minimum atomic E-state index is -0.518. The Hall–Kier alpha value is -1.04. The highest BCUT2D eigenvalue weighted by Crippen LogP contribution is 2.31. The van der Waals surface area contributed by atoms with Gasteiger partial charge in [-0.3, -0.25) is 0 Å². The Bertz CT molecular complexity index is 574. The van der Waals surface area contributed by atoms with Crippen LogP contribution in [0.25, 0.3) is 0 Å². The predicted molar refractivity (Wildman–Crippen MR) is 74.9 cm³/mol. The largest absolute Gasteiger partial charge is 0.484 e. The average Bonchev–Trinajstić information content (AvgIpc) is 2.80. The summed E-state index contributed by atoms with van der Waals surface area (Å²) in [7, 11) is 1.84. The van der Waals surface area contributed by atoms with Gasteiger partial charge in [-0.15, -0.1) is 0 Å². The van der Waals surface area contributed by atoms with Crippen LogP contribution in [-0.2, 0) is 13.2 Å². The van der Waals surface area contributed by atoms with Gasteiger partial charge in [-0.25, -0.2) is 4.39 Å². The summed E-state index contributed by atoms with van der Waals surface area (Å²) >= 11 is 8.92. The lowest BCUT2D eigenvalue weighted by molar-refractivity contribution is 0.263. The van der Waals surface area contributed by atoms with E-state index < -0.39 is 5.82 Å². The Morgan fingerprint density at radius 1 is 1.37 bits per heavy atom. The fraction of sp³-hybridized carbons (Fsp3) is 0.231. The van der Waals surface area contributed by atoms with Crippen molar-refractivity contribution in [3.05, 3.63) is 51.1 Å². The van der Waals surface area contributed by atoms with Crippen molar-refractivity contribution in [3.63, 3.8) is 0 Å². The first kappa shape index (κ1) is 14.4. The van der Waals surface area contributed by atoms with Gasteiger partial charge in [-0.2, -0.15) is 0 Å². The number of nitrogens with one attached hydrogen (secondary N) is 1. The Labute approximate surface area is 123 Å². The number of rotatable bonds is 5. The first-order valence-corrected chi connectivity index (χ1v) is 6.77. The van der Waals surface area contributed by atoms with E-state index in [1.807, 2.05) is 19.2 Å². The Balaban J connectivity index is 2.03. The molecule has 19 heavy (non-hydrogen) atoms. The third-order valence-electron chi connectivity index (χ3n) is 2.41. The summed E-state index contributed by atoms with van der Waals surface area (Å²) in [5.41, 5.74) is 0. The Kier molecular flexibility index (Phi) is 4.85. The van der Waals surface area contributed by atoms with Crippen molar-refractivity contribution in [3.8, 4) is 5.75 Å². The highest BCUT2D eigenvalue weighted by molar-refractivity contribution is 9.10. The van der Waals surface area contributed by atoms with Gasteiger partial charge in [0.1, 0.15) is 29.7 Å². The molecule has 0 saturated heterocycles. The molecular weight excluding hydrogens is 337 g/mol. The topological polar surface area (TPSA) is 34.4 Å². The van der Waals surface area contributed by atoms with E-state index in [0.29, 0.717) is 22.5 Å². The van der Waals surface area contributed by atoms with Gasteiger partial charge in [0.05, 0.1) is 16.0 Å². The van der Waals surface area contributed by atoms with Crippen LogP contribution >= 0.6 is 27.5 Å². The van der Waals surface area contributed by atoms with Crippen LogP contribution in [0.5, 0.6) is 5.75 Å². The normalized spacial score (nSPS) is 10.7. The fourth-order valence-corrected chi connectivity index (χ4v) is 2.29. The molecule has 0 unspecified atom stereocenters. The fourth-order valence-electron chi connectivity index (χ4n) is 1.53. The van der Waals surface area contributed by atoms with E-state index in [0.717, 1.165) is 5.76 Å². The van der Waals surface area contributed by atoms with E-state index >= 15 is 0 Å². The average molecular weight is 349 g/mol. The standard InChI is InChI=1S/C13H12BrClFNO2/c1-17-6-8-2-3-9(19-8)7-18-13-5-12(16)11(15)4-10(13)14/h2-5,17H,6-7H2,1H3. The van der Waals surface area contributed by atoms with E-state index in [4.69, 9.17) is 20.8 Å². The SMILES string of the molecule is CNCc1ccc(COc2cc(F)c(Cl)cc2Br)o1. The molecule has 0 fully saturated rings. The molecule has 0 radical (unpaired) electrons. The van der Waals surface area contributed by atoms with Gasteiger partial charge in [0.2, 0.25) is 0 Å². The van der Waals surface area contributed by atoms with Gasteiger partial charge >= 0.3 is 0 Å². The molecule has 0 aliphatic carbocycles. The number of halogens is 3. The molecule has 2 rings (SSSR count). The van der Waals surface area contributed by atoms with Gasteiger partial charge in [-0.05, 0) is 41.2 Å². The third kappa shape index (κ3) is 3.72. The number of furan rings is 1. The van der Waals surface area contributed by atoms with E-state index in [9.17, 15) is 4.39 Å². The summed E-state index contributed by atoms with van der Waals surface area (Å²) in [6, 6.07) is 6.39. The summed E-state index contributed by atoms with van der Waals surface area (Å²) in [5, 5.41) is 3.04. The number of hydrogen-bond acceptors (Lipinski definition) is 3. The van der Waals surface area contributed by atoms with Crippen molar-refractivity contribution in [1.82, 2.24) is 5.32 Å². The molecule has 0 bridgehead atoms. The van der Waals surface area contributed by atoms with Crippen LogP contribution in [0.3, 0.4) is 0 Å². The molecule has 0 spiro atoms. The van der Waals surface area contributed by atoms with E-state index in [2.05, 4.69) is 21.2 Å². The number of benzene rings is 1. The molecule has 2 aromatic rings. The maximum absolute atomic E-state index is 13.3. The molecule has 1 heterocycles. The highest BCUT2D eigenvalue weighted by atomic mass is 79.9. The summed E-state index contributed by atoms with van der Waals surface area (Å²) in [5.74, 6) is 1.36. The van der Waals surface area contributed by atoms with Crippen LogP contribution in [0, 0.1) is 5.82 Å². The Morgan fingerprint density at radius 2 is 2.11 bits per heavy atom. The summed E-state index contributed by atoms with van der Waals surface area (Å²) in [6.45, 7) is 0.878. The summed E-state index contributed by atoms with van der Waals surface area (Å²) < 4.78 is 24.9. The third-order valence-corrected chi connectivity index (χ3v) is 3.32. The van der Waals surface area contributed by atoms with Gasteiger partial charge in [-0.1, -0.05) is 11.6 Å². The van der Waals surface area contributed by atoms with Crippen LogP contribution in [0.4, 0.5) is 4.39 Å². The van der Waals surface area contributed by atoms with Crippen LogP contribution in [-0.4, -0.2) is 7.05 Å². The summed E-state index contributed by atoms with van der Waals surface area (Å²) in [4.78, 5) is 0. The lowest BCUT2D eigenvalue weighted by atomic mass is 10.3. The first-order valence-electron chi connectivity index (χ1n) is 5.59. The predicted octanol–water partition coefficient (Wildman–Crippen LogP) is 4.13. The van der Waals surface area contributed by atoms with Crippen LogP contribution < -0.4 is 10.1 Å². The van der Waals surface area contributed by atoms with Gasteiger partial charge in [0.15, 0.2) is 0 Å². The maximum atomic E-state index is 13.3. The molecule has 0 atom stereocenters. The second-order valence-electron chi connectivity index (χ2n) is 3.88. The van der Waals surface area contributed by atoms with E-state index in [1.165, 1.54) is 12.1 Å². The number of hydrogen-bond donors (Lipinski definition) is 1. The Morgan fingerprint density at radius 3 is 2.84 bits per heavy atom. The van der Waals surface area contributed by atoms with Crippen LogP contribution in [0.2, 0.25) is 5.02 Å². The molecule has 1 aromatic heterocycles. The lowest BCUT2D eigenvalue weighted by Gasteiger charge is -2.07. The maximum Gasteiger partial charge on any atom is 0.146 e. The molecule has 0 aliphatic rings. The molecular formula is C13H12BrClFNO2. The molecule has 102 valence electrons. The molecule has 3 nitrogen and oxygen atoms in total. The van der Waals surface area contributed by atoms with Crippen molar-refractivity contribution in [2.45, 2.75) is 13.2 Å². The van der Waals surface area contributed by atoms with Crippen molar-refractivity contribution in [2.75, 3.05) is 7.05 Å². The van der Waals surface area contributed by atoms with Crippen molar-refractivity contribution < 1.29 is 13.5 Å². The molecule has 6 heteroatoms. The van der Waals surface area contributed by atoms with E-state index in [-0.39, 0.29) is 11.6 Å². The van der Waals surface area contributed by atoms with Crippen LogP contribution in [0.15, 0.2) is 33.2 Å². The van der Waals surface area contributed by atoms with Crippen LogP contribution in [0.1, 0.15) is 11.5 Å².